The van der Waals surface area contributed by atoms with Crippen molar-refractivity contribution in [2.75, 3.05) is 18.4 Å². The Hall–Kier alpha value is -2.15. The molecule has 1 aromatic carbocycles. The second-order valence-corrected chi connectivity index (χ2v) is 3.42. The van der Waals surface area contributed by atoms with Gasteiger partial charge in [0, 0.05) is 18.2 Å². The van der Waals surface area contributed by atoms with E-state index in [1.54, 1.807) is 0 Å². The van der Waals surface area contributed by atoms with E-state index in [1.807, 2.05) is 0 Å². The van der Waals surface area contributed by atoms with Crippen LogP contribution in [0.5, 0.6) is 0 Å². The van der Waals surface area contributed by atoms with Crippen molar-refractivity contribution >= 4 is 17.3 Å². The van der Waals surface area contributed by atoms with Crippen LogP contribution in [0.3, 0.4) is 0 Å². The van der Waals surface area contributed by atoms with Gasteiger partial charge in [-0.2, -0.15) is 0 Å². The van der Waals surface area contributed by atoms with Crippen LogP contribution in [0, 0.1) is 10.1 Å². The van der Waals surface area contributed by atoms with E-state index in [9.17, 15) is 14.9 Å². The molecule has 0 saturated carbocycles. The van der Waals surface area contributed by atoms with Gasteiger partial charge in [-0.1, -0.05) is 0 Å². The Labute approximate surface area is 97.9 Å². The summed E-state index contributed by atoms with van der Waals surface area (Å²) in [7, 11) is 0. The number of nitro groups is 1. The van der Waals surface area contributed by atoms with Gasteiger partial charge in [-0.15, -0.1) is 0 Å². The number of primary amides is 1. The first kappa shape index (κ1) is 12.9. The van der Waals surface area contributed by atoms with Crippen molar-refractivity contribution in [2.45, 2.75) is 6.42 Å². The van der Waals surface area contributed by atoms with Crippen molar-refractivity contribution in [1.29, 1.82) is 0 Å². The number of carbonyl (C=O) groups is 1. The summed E-state index contributed by atoms with van der Waals surface area (Å²) in [6.07, 6.45) is 0.679. The van der Waals surface area contributed by atoms with Gasteiger partial charge in [-0.05, 0) is 25.1 Å². The second kappa shape index (κ2) is 5.80. The highest BCUT2D eigenvalue weighted by atomic mass is 16.6. The summed E-state index contributed by atoms with van der Waals surface area (Å²) in [4.78, 5) is 21.2. The fourth-order valence-electron chi connectivity index (χ4n) is 1.32. The maximum absolute atomic E-state index is 11.0. The molecule has 0 heterocycles. The first-order valence-corrected chi connectivity index (χ1v) is 5.08. The highest BCUT2D eigenvalue weighted by Crippen LogP contribution is 2.25. The Kier molecular flexibility index (Phi) is 4.41. The zero-order chi connectivity index (χ0) is 12.8. The van der Waals surface area contributed by atoms with Gasteiger partial charge in [-0.3, -0.25) is 14.9 Å². The van der Waals surface area contributed by atoms with E-state index in [2.05, 4.69) is 5.32 Å². The van der Waals surface area contributed by atoms with Crippen LogP contribution < -0.4 is 16.8 Å². The number of nitro benzene ring substituents is 1. The molecule has 1 aromatic rings. The van der Waals surface area contributed by atoms with E-state index in [-0.39, 0.29) is 16.9 Å². The van der Waals surface area contributed by atoms with Crippen LogP contribution in [0.4, 0.5) is 11.4 Å². The molecule has 92 valence electrons. The van der Waals surface area contributed by atoms with Crippen LogP contribution in [0.15, 0.2) is 18.2 Å². The van der Waals surface area contributed by atoms with Gasteiger partial charge in [-0.25, -0.2) is 0 Å². The minimum absolute atomic E-state index is 0.0907. The number of nitrogens with one attached hydrogen (secondary N) is 1. The molecule has 0 bridgehead atoms. The molecule has 0 radical (unpaired) electrons. The summed E-state index contributed by atoms with van der Waals surface area (Å²) in [5, 5.41) is 13.6. The predicted octanol–water partition coefficient (Wildman–Crippen LogP) is 0.454. The summed E-state index contributed by atoms with van der Waals surface area (Å²) in [5.74, 6) is -0.623. The zero-order valence-electron chi connectivity index (χ0n) is 9.18. The lowest BCUT2D eigenvalue weighted by Crippen LogP contribution is -2.13. The zero-order valence-corrected chi connectivity index (χ0v) is 9.18. The molecule has 0 aromatic heterocycles. The fourth-order valence-corrected chi connectivity index (χ4v) is 1.32. The highest BCUT2D eigenvalue weighted by Gasteiger charge is 2.15. The van der Waals surface area contributed by atoms with Crippen molar-refractivity contribution in [3.63, 3.8) is 0 Å². The molecule has 0 atom stereocenters. The summed E-state index contributed by atoms with van der Waals surface area (Å²) in [6, 6.07) is 3.95. The molecule has 0 saturated heterocycles. The van der Waals surface area contributed by atoms with Gasteiger partial charge < -0.3 is 16.8 Å². The van der Waals surface area contributed by atoms with E-state index in [4.69, 9.17) is 11.5 Å². The Morgan fingerprint density at radius 2 is 2.18 bits per heavy atom. The quantitative estimate of drug-likeness (QED) is 0.377. The van der Waals surface area contributed by atoms with E-state index in [0.717, 1.165) is 0 Å². The minimum atomic E-state index is -0.623. The molecule has 0 unspecified atom stereocenters. The van der Waals surface area contributed by atoms with Gasteiger partial charge in [0.1, 0.15) is 5.69 Å². The van der Waals surface area contributed by atoms with Gasteiger partial charge in [0.25, 0.3) is 5.69 Å². The first-order valence-electron chi connectivity index (χ1n) is 5.08. The third-order valence-corrected chi connectivity index (χ3v) is 2.17. The molecule has 1 amide bonds. The van der Waals surface area contributed by atoms with Gasteiger partial charge in [0.2, 0.25) is 5.91 Å². The fraction of sp³-hybridized carbons (Fsp3) is 0.300. The van der Waals surface area contributed by atoms with Crippen molar-refractivity contribution < 1.29 is 9.72 Å². The number of carbonyl (C=O) groups excluding carboxylic acids is 1. The van der Waals surface area contributed by atoms with E-state index >= 15 is 0 Å². The van der Waals surface area contributed by atoms with Gasteiger partial charge >= 0.3 is 0 Å². The number of amides is 1. The van der Waals surface area contributed by atoms with Crippen LogP contribution in [-0.4, -0.2) is 23.9 Å². The van der Waals surface area contributed by atoms with Crippen molar-refractivity contribution in [3.8, 4) is 0 Å². The van der Waals surface area contributed by atoms with Crippen LogP contribution in [0.2, 0.25) is 0 Å². The Balaban J connectivity index is 2.98. The SMILES string of the molecule is NCCCNc1cc(C(N)=O)ccc1[N+](=O)[O-]. The summed E-state index contributed by atoms with van der Waals surface area (Å²) >= 11 is 0. The predicted molar refractivity (Wildman–Crippen MR) is 63.8 cm³/mol. The van der Waals surface area contributed by atoms with Crippen LogP contribution >= 0.6 is 0 Å². The largest absolute Gasteiger partial charge is 0.379 e. The maximum atomic E-state index is 11.0. The monoisotopic (exact) mass is 238 g/mol. The molecule has 17 heavy (non-hydrogen) atoms. The lowest BCUT2D eigenvalue weighted by atomic mass is 10.1. The molecule has 0 spiro atoms. The van der Waals surface area contributed by atoms with Gasteiger partial charge in [0.15, 0.2) is 0 Å². The molecule has 5 N–H and O–H groups in total. The molecule has 0 aliphatic carbocycles. The van der Waals surface area contributed by atoms with Crippen molar-refractivity contribution in [3.05, 3.63) is 33.9 Å². The maximum Gasteiger partial charge on any atom is 0.292 e. The van der Waals surface area contributed by atoms with Crippen LogP contribution in [-0.2, 0) is 0 Å². The number of benzene rings is 1. The van der Waals surface area contributed by atoms with E-state index in [1.165, 1.54) is 18.2 Å². The number of nitrogens with two attached hydrogens (primary N) is 2. The summed E-state index contributed by atoms with van der Waals surface area (Å²) < 4.78 is 0. The molecule has 1 rings (SSSR count). The van der Waals surface area contributed by atoms with E-state index in [0.29, 0.717) is 19.5 Å². The van der Waals surface area contributed by atoms with Crippen molar-refractivity contribution in [1.82, 2.24) is 0 Å². The molecule has 0 aliphatic heterocycles. The average Bonchev–Trinajstić information content (AvgIpc) is 2.28. The van der Waals surface area contributed by atoms with Gasteiger partial charge in [0.05, 0.1) is 4.92 Å². The number of nitrogens with zero attached hydrogens (tertiary/aromatic N) is 1. The topological polar surface area (TPSA) is 124 Å². The minimum Gasteiger partial charge on any atom is -0.379 e. The number of anilines is 1. The molecule has 0 fully saturated rings. The molecular weight excluding hydrogens is 224 g/mol. The standard InChI is InChI=1S/C10H14N4O3/c11-4-1-5-13-8-6-7(10(12)15)2-3-9(8)14(16)17/h2-3,6,13H,1,4-5,11H2,(H2,12,15). The lowest BCUT2D eigenvalue weighted by Gasteiger charge is -2.07. The number of hydrogen-bond acceptors (Lipinski definition) is 5. The normalized spacial score (nSPS) is 9.94. The van der Waals surface area contributed by atoms with Crippen LogP contribution in [0.25, 0.3) is 0 Å². The lowest BCUT2D eigenvalue weighted by molar-refractivity contribution is -0.384. The summed E-state index contributed by atoms with van der Waals surface area (Å²) in [6.45, 7) is 0.982. The summed E-state index contributed by atoms with van der Waals surface area (Å²) in [5.41, 5.74) is 10.8. The second-order valence-electron chi connectivity index (χ2n) is 3.42. The smallest absolute Gasteiger partial charge is 0.292 e. The Morgan fingerprint density at radius 3 is 2.71 bits per heavy atom. The highest BCUT2D eigenvalue weighted by molar-refractivity contribution is 5.94. The van der Waals surface area contributed by atoms with Crippen LogP contribution in [0.1, 0.15) is 16.8 Å². The molecule has 7 nitrogen and oxygen atoms in total. The Bertz CT molecular complexity index is 434. The molecule has 7 heteroatoms. The average molecular weight is 238 g/mol. The number of rotatable bonds is 6. The van der Waals surface area contributed by atoms with Crippen molar-refractivity contribution in [2.24, 2.45) is 11.5 Å². The first-order chi connectivity index (χ1) is 8.06. The molecular formula is C10H14N4O3. The third-order valence-electron chi connectivity index (χ3n) is 2.17. The Morgan fingerprint density at radius 1 is 1.47 bits per heavy atom. The molecule has 0 aliphatic rings. The third kappa shape index (κ3) is 3.42. The van der Waals surface area contributed by atoms with E-state index < -0.39 is 10.8 Å². The number of hydrogen-bond donors (Lipinski definition) is 3.